The number of carbonyl (C=O) groups excluding carboxylic acids is 1. The van der Waals surface area contributed by atoms with Crippen LogP contribution in [0.25, 0.3) is 10.2 Å². The first-order chi connectivity index (χ1) is 17.1. The molecule has 1 aromatic heterocycles. The highest BCUT2D eigenvalue weighted by atomic mass is 32.1. The lowest BCUT2D eigenvalue weighted by Gasteiger charge is -2.24. The van der Waals surface area contributed by atoms with Crippen molar-refractivity contribution in [2.45, 2.75) is 27.2 Å². The third-order valence-corrected chi connectivity index (χ3v) is 7.16. The van der Waals surface area contributed by atoms with Crippen molar-refractivity contribution in [2.24, 2.45) is 0 Å². The summed E-state index contributed by atoms with van der Waals surface area (Å²) in [4.78, 5) is 22.7. The van der Waals surface area contributed by atoms with Crippen molar-refractivity contribution < 1.29 is 9.53 Å². The van der Waals surface area contributed by atoms with E-state index in [1.165, 1.54) is 22.5 Å². The zero-order valence-corrected chi connectivity index (χ0v) is 21.6. The van der Waals surface area contributed by atoms with Crippen molar-refractivity contribution in [3.8, 4) is 5.75 Å². The molecule has 0 aliphatic rings. The Morgan fingerprint density at radius 1 is 0.886 bits per heavy atom. The summed E-state index contributed by atoms with van der Waals surface area (Å²) in [7, 11) is 0. The highest BCUT2D eigenvalue weighted by Crippen LogP contribution is 2.32. The number of thiazole rings is 1. The largest absolute Gasteiger partial charge is 0.494 e. The summed E-state index contributed by atoms with van der Waals surface area (Å²) in [5.74, 6) is 0.803. The minimum Gasteiger partial charge on any atom is -0.494 e. The molecule has 4 rings (SSSR count). The molecule has 1 heterocycles. The van der Waals surface area contributed by atoms with Crippen LogP contribution in [0.5, 0.6) is 5.75 Å². The summed E-state index contributed by atoms with van der Waals surface area (Å²) >= 11 is 1.54. The molecule has 1 amide bonds. The molecular formula is C29H33N3O2S. The van der Waals surface area contributed by atoms with Gasteiger partial charge in [0.25, 0.3) is 5.91 Å². The Kier molecular flexibility index (Phi) is 8.50. The Morgan fingerprint density at radius 2 is 1.60 bits per heavy atom. The lowest BCUT2D eigenvalue weighted by Crippen LogP contribution is -2.38. The second kappa shape index (κ2) is 12.0. The van der Waals surface area contributed by atoms with Gasteiger partial charge in [0.05, 0.1) is 16.8 Å². The quantitative estimate of drug-likeness (QED) is 0.250. The summed E-state index contributed by atoms with van der Waals surface area (Å²) in [5, 5.41) is 0.721. The lowest BCUT2D eigenvalue weighted by atomic mass is 10.0. The van der Waals surface area contributed by atoms with Crippen LogP contribution in [0.4, 0.5) is 5.13 Å². The fourth-order valence-electron chi connectivity index (χ4n) is 4.08. The van der Waals surface area contributed by atoms with E-state index in [0.29, 0.717) is 18.7 Å². The van der Waals surface area contributed by atoms with Gasteiger partial charge in [-0.05, 0) is 67.9 Å². The molecular weight excluding hydrogens is 454 g/mol. The maximum atomic E-state index is 13.7. The second-order valence-electron chi connectivity index (χ2n) is 8.40. The number of nitrogens with zero attached hydrogens (tertiary/aromatic N) is 3. The average molecular weight is 488 g/mol. The highest BCUT2D eigenvalue weighted by Gasteiger charge is 2.22. The smallest absolute Gasteiger partial charge is 0.260 e. The number of amides is 1. The number of rotatable bonds is 11. The first-order valence-electron chi connectivity index (χ1n) is 12.3. The molecule has 0 aliphatic carbocycles. The highest BCUT2D eigenvalue weighted by molar-refractivity contribution is 7.22. The van der Waals surface area contributed by atoms with Crippen molar-refractivity contribution in [3.63, 3.8) is 0 Å². The zero-order chi connectivity index (χ0) is 24.6. The minimum absolute atomic E-state index is 0.0208. The third kappa shape index (κ3) is 6.27. The lowest BCUT2D eigenvalue weighted by molar-refractivity contribution is 0.0984. The van der Waals surface area contributed by atoms with E-state index < -0.39 is 0 Å². The van der Waals surface area contributed by atoms with Crippen molar-refractivity contribution >= 4 is 32.6 Å². The van der Waals surface area contributed by atoms with E-state index in [1.54, 1.807) is 0 Å². The Labute approximate surface area is 212 Å². The Morgan fingerprint density at radius 3 is 2.29 bits per heavy atom. The fourth-order valence-corrected chi connectivity index (χ4v) is 5.10. The van der Waals surface area contributed by atoms with E-state index >= 15 is 0 Å². The molecule has 0 aliphatic heterocycles. The number of likely N-dealkylation sites (N-methyl/N-ethyl adjacent to an activating group) is 1. The van der Waals surface area contributed by atoms with Crippen LogP contribution in [0.1, 0.15) is 42.3 Å². The second-order valence-corrected chi connectivity index (χ2v) is 9.41. The van der Waals surface area contributed by atoms with Gasteiger partial charge in [0.2, 0.25) is 0 Å². The van der Waals surface area contributed by atoms with Crippen LogP contribution in [-0.4, -0.2) is 48.6 Å². The predicted octanol–water partition coefficient (Wildman–Crippen LogP) is 6.27. The van der Waals surface area contributed by atoms with Gasteiger partial charge in [0.15, 0.2) is 5.13 Å². The third-order valence-electron chi connectivity index (χ3n) is 6.12. The van der Waals surface area contributed by atoms with Gasteiger partial charge in [-0.3, -0.25) is 9.69 Å². The molecule has 3 aromatic carbocycles. The molecule has 35 heavy (non-hydrogen) atoms. The van der Waals surface area contributed by atoms with E-state index in [4.69, 9.17) is 9.72 Å². The van der Waals surface area contributed by atoms with Crippen molar-refractivity contribution in [1.29, 1.82) is 0 Å². The van der Waals surface area contributed by atoms with Gasteiger partial charge in [-0.1, -0.05) is 67.6 Å². The van der Waals surface area contributed by atoms with Gasteiger partial charge in [0, 0.05) is 18.7 Å². The van der Waals surface area contributed by atoms with Crippen LogP contribution in [0, 0.1) is 0 Å². The normalized spacial score (nSPS) is 11.2. The van der Waals surface area contributed by atoms with E-state index in [-0.39, 0.29) is 5.91 Å². The number of ether oxygens (including phenoxy) is 1. The van der Waals surface area contributed by atoms with E-state index in [0.717, 1.165) is 47.2 Å². The number of hydrogen-bond donors (Lipinski definition) is 0. The number of aromatic nitrogens is 1. The van der Waals surface area contributed by atoms with Crippen LogP contribution in [-0.2, 0) is 6.42 Å². The van der Waals surface area contributed by atoms with E-state index in [1.807, 2.05) is 48.2 Å². The zero-order valence-electron chi connectivity index (χ0n) is 20.7. The van der Waals surface area contributed by atoms with Gasteiger partial charge >= 0.3 is 0 Å². The monoisotopic (exact) mass is 487 g/mol. The number of carbonyl (C=O) groups is 1. The Hall–Kier alpha value is -3.22. The summed E-state index contributed by atoms with van der Waals surface area (Å²) in [6.45, 7) is 10.2. The summed E-state index contributed by atoms with van der Waals surface area (Å²) in [5.41, 5.74) is 4.00. The van der Waals surface area contributed by atoms with Gasteiger partial charge in [-0.25, -0.2) is 4.98 Å². The average Bonchev–Trinajstić information content (AvgIpc) is 3.31. The molecule has 0 spiro atoms. The Bertz CT molecular complexity index is 1230. The molecule has 6 heteroatoms. The number of anilines is 1. The molecule has 0 atom stereocenters. The van der Waals surface area contributed by atoms with Gasteiger partial charge in [0.1, 0.15) is 5.75 Å². The predicted molar refractivity (Wildman–Crippen MR) is 146 cm³/mol. The molecule has 0 saturated carbocycles. The number of benzene rings is 3. The van der Waals surface area contributed by atoms with Crippen LogP contribution >= 0.6 is 11.3 Å². The summed E-state index contributed by atoms with van der Waals surface area (Å²) in [6.07, 6.45) is 0.848. The van der Waals surface area contributed by atoms with E-state index in [9.17, 15) is 4.79 Å². The fraction of sp³-hybridized carbons (Fsp3) is 0.310. The van der Waals surface area contributed by atoms with Crippen molar-refractivity contribution in [2.75, 3.05) is 37.7 Å². The summed E-state index contributed by atoms with van der Waals surface area (Å²) in [6, 6.07) is 24.3. The van der Waals surface area contributed by atoms with Crippen LogP contribution < -0.4 is 9.64 Å². The molecule has 0 bridgehead atoms. The first-order valence-corrected chi connectivity index (χ1v) is 13.1. The van der Waals surface area contributed by atoms with Gasteiger partial charge < -0.3 is 9.64 Å². The Balaban J connectivity index is 1.59. The van der Waals surface area contributed by atoms with Gasteiger partial charge in [-0.2, -0.15) is 0 Å². The van der Waals surface area contributed by atoms with Crippen LogP contribution in [0.3, 0.4) is 0 Å². The maximum absolute atomic E-state index is 13.7. The maximum Gasteiger partial charge on any atom is 0.260 e. The molecule has 0 N–H and O–H groups in total. The minimum atomic E-state index is -0.0208. The molecule has 182 valence electrons. The standard InChI is InChI=1S/C29H33N3O2S/c1-4-31(5-2)18-19-32(29-30-26-17-16-25(34-6-3)21-27(26)35-29)28(33)24-14-12-23(13-15-24)20-22-10-8-7-9-11-22/h7-17,21H,4-6,18-20H2,1-3H3. The molecule has 0 radical (unpaired) electrons. The molecule has 4 aromatic rings. The van der Waals surface area contributed by atoms with Crippen LogP contribution in [0.2, 0.25) is 0 Å². The van der Waals surface area contributed by atoms with E-state index in [2.05, 4.69) is 55.1 Å². The topological polar surface area (TPSA) is 45.7 Å². The molecule has 0 unspecified atom stereocenters. The summed E-state index contributed by atoms with van der Waals surface area (Å²) < 4.78 is 6.67. The SMILES string of the molecule is CCOc1ccc2nc(N(CCN(CC)CC)C(=O)c3ccc(Cc4ccccc4)cc3)sc2c1. The van der Waals surface area contributed by atoms with Crippen molar-refractivity contribution in [3.05, 3.63) is 89.5 Å². The number of hydrogen-bond acceptors (Lipinski definition) is 5. The number of fused-ring (bicyclic) bond motifs is 1. The van der Waals surface area contributed by atoms with Crippen LogP contribution in [0.15, 0.2) is 72.8 Å². The first kappa shape index (κ1) is 24.9. The van der Waals surface area contributed by atoms with Crippen molar-refractivity contribution in [1.82, 2.24) is 9.88 Å². The molecule has 0 fully saturated rings. The molecule has 5 nitrogen and oxygen atoms in total. The molecule has 0 saturated heterocycles. The van der Waals surface area contributed by atoms with Gasteiger partial charge in [-0.15, -0.1) is 0 Å².